The van der Waals surface area contributed by atoms with Gasteiger partial charge in [0, 0.05) is 12.6 Å². The van der Waals surface area contributed by atoms with Gasteiger partial charge in [-0.05, 0) is 17.7 Å². The Kier molecular flexibility index (Phi) is 4.00. The molecule has 6 heteroatoms. The van der Waals surface area contributed by atoms with E-state index < -0.39 is 0 Å². The smallest absolute Gasteiger partial charge is 0.272 e. The fraction of sp³-hybridized carbons (Fsp3) is 0.105. The lowest BCUT2D eigenvalue weighted by atomic mass is 10.0. The van der Waals surface area contributed by atoms with Crippen LogP contribution in [0, 0.1) is 0 Å². The maximum atomic E-state index is 12.6. The molecule has 0 saturated heterocycles. The second-order valence-electron chi connectivity index (χ2n) is 5.80. The summed E-state index contributed by atoms with van der Waals surface area (Å²) >= 11 is 0. The monoisotopic (exact) mass is 331 g/mol. The summed E-state index contributed by atoms with van der Waals surface area (Å²) in [5.74, 6) is -0.208. The molecule has 0 spiro atoms. The third-order valence-corrected chi connectivity index (χ3v) is 4.13. The van der Waals surface area contributed by atoms with Crippen LogP contribution in [0.5, 0.6) is 0 Å². The Labute approximate surface area is 145 Å². The van der Waals surface area contributed by atoms with Crippen molar-refractivity contribution in [3.63, 3.8) is 0 Å². The molecule has 2 N–H and O–H groups in total. The molecule has 0 saturated carbocycles. The summed E-state index contributed by atoms with van der Waals surface area (Å²) < 4.78 is 0. The first-order valence-corrected chi connectivity index (χ1v) is 8.08. The maximum Gasteiger partial charge on any atom is 0.272 e. The number of anilines is 2. The molecule has 0 fully saturated rings. The fourth-order valence-corrected chi connectivity index (χ4v) is 2.92. The van der Waals surface area contributed by atoms with E-state index in [4.69, 9.17) is 0 Å². The van der Waals surface area contributed by atoms with Gasteiger partial charge in [0.25, 0.3) is 5.91 Å². The number of aromatic nitrogens is 2. The molecule has 25 heavy (non-hydrogen) atoms. The van der Waals surface area contributed by atoms with E-state index in [9.17, 15) is 4.79 Å². The molecule has 0 aliphatic carbocycles. The zero-order valence-corrected chi connectivity index (χ0v) is 13.5. The number of carbonyl (C=O) groups excluding carboxylic acids is 1. The molecule has 1 atom stereocenters. The van der Waals surface area contributed by atoms with E-state index in [0.717, 1.165) is 11.3 Å². The average Bonchev–Trinajstić information content (AvgIpc) is 3.33. The molecular weight excluding hydrogens is 314 g/mol. The van der Waals surface area contributed by atoms with E-state index in [1.165, 1.54) is 0 Å². The number of nitrogens with zero attached hydrogens (tertiary/aromatic N) is 3. The van der Waals surface area contributed by atoms with E-state index >= 15 is 0 Å². The van der Waals surface area contributed by atoms with Gasteiger partial charge in [-0.3, -0.25) is 14.9 Å². The van der Waals surface area contributed by atoms with Crippen molar-refractivity contribution in [2.75, 3.05) is 10.3 Å². The lowest BCUT2D eigenvalue weighted by Gasteiger charge is -2.23. The van der Waals surface area contributed by atoms with Gasteiger partial charge >= 0.3 is 0 Å². The van der Waals surface area contributed by atoms with Gasteiger partial charge in [0.2, 0.25) is 0 Å². The number of benzene rings is 2. The van der Waals surface area contributed by atoms with E-state index in [2.05, 4.69) is 32.7 Å². The highest BCUT2D eigenvalue weighted by molar-refractivity contribution is 6.43. The molecule has 6 nitrogen and oxygen atoms in total. The molecule has 3 aromatic rings. The van der Waals surface area contributed by atoms with Gasteiger partial charge in [0.15, 0.2) is 0 Å². The molecule has 0 radical (unpaired) electrons. The molecule has 4 rings (SSSR count). The van der Waals surface area contributed by atoms with Gasteiger partial charge in [0.1, 0.15) is 5.71 Å². The van der Waals surface area contributed by atoms with Gasteiger partial charge in [-0.15, -0.1) is 0 Å². The number of H-pyrrole nitrogens is 1. The second kappa shape index (κ2) is 6.60. The highest BCUT2D eigenvalue weighted by Gasteiger charge is 2.32. The summed E-state index contributed by atoms with van der Waals surface area (Å²) in [6.45, 7) is 0. The third kappa shape index (κ3) is 3.14. The molecular formula is C19H17N5O. The first-order valence-electron chi connectivity index (χ1n) is 8.08. The minimum Gasteiger partial charge on any atom is -0.318 e. The number of aromatic amines is 1. The topological polar surface area (TPSA) is 73.4 Å². The predicted octanol–water partition coefficient (Wildman–Crippen LogP) is 3.36. The minimum absolute atomic E-state index is 0.00583. The van der Waals surface area contributed by atoms with Crippen molar-refractivity contribution in [2.45, 2.75) is 12.5 Å². The number of rotatable bonds is 4. The highest BCUT2D eigenvalue weighted by Crippen LogP contribution is 2.35. The van der Waals surface area contributed by atoms with Gasteiger partial charge in [-0.1, -0.05) is 48.5 Å². The van der Waals surface area contributed by atoms with Crippen LogP contribution in [0.15, 0.2) is 78.2 Å². The summed E-state index contributed by atoms with van der Waals surface area (Å²) in [5.41, 5.74) is 3.21. The molecule has 124 valence electrons. The van der Waals surface area contributed by atoms with Gasteiger partial charge < -0.3 is 5.32 Å². The molecule has 0 unspecified atom stereocenters. The van der Waals surface area contributed by atoms with E-state index in [1.807, 2.05) is 53.5 Å². The summed E-state index contributed by atoms with van der Waals surface area (Å²) in [4.78, 5) is 12.6. The Balaban J connectivity index is 1.64. The van der Waals surface area contributed by atoms with Crippen LogP contribution in [-0.4, -0.2) is 21.8 Å². The second-order valence-corrected chi connectivity index (χ2v) is 5.80. The molecule has 1 aliphatic heterocycles. The maximum absolute atomic E-state index is 12.6. The molecule has 2 aromatic carbocycles. The van der Waals surface area contributed by atoms with Crippen LogP contribution in [0.1, 0.15) is 18.0 Å². The normalized spacial score (nSPS) is 16.6. The Hall–Kier alpha value is -3.41. The first kappa shape index (κ1) is 15.1. The van der Waals surface area contributed by atoms with Crippen molar-refractivity contribution in [2.24, 2.45) is 5.10 Å². The fourth-order valence-electron chi connectivity index (χ4n) is 2.92. The highest BCUT2D eigenvalue weighted by atomic mass is 16.2. The zero-order valence-electron chi connectivity index (χ0n) is 13.5. The van der Waals surface area contributed by atoms with Crippen molar-refractivity contribution >= 4 is 23.0 Å². The SMILES string of the molecule is O=C(Nc1cn[nH]c1)C1=NN(c2ccccc2)[C@H](c2ccccc2)C1. The summed E-state index contributed by atoms with van der Waals surface area (Å²) in [7, 11) is 0. The number of nitrogens with one attached hydrogen (secondary N) is 2. The average molecular weight is 331 g/mol. The Bertz CT molecular complexity index is 875. The van der Waals surface area contributed by atoms with E-state index in [-0.39, 0.29) is 11.9 Å². The molecule has 1 aliphatic rings. The summed E-state index contributed by atoms with van der Waals surface area (Å²) in [6.07, 6.45) is 3.75. The van der Waals surface area contributed by atoms with Crippen LogP contribution >= 0.6 is 0 Å². The minimum atomic E-state index is -0.208. The van der Waals surface area contributed by atoms with Crippen molar-refractivity contribution in [3.05, 3.63) is 78.6 Å². The lowest BCUT2D eigenvalue weighted by Crippen LogP contribution is -2.21. The summed E-state index contributed by atoms with van der Waals surface area (Å²) in [6, 6.07) is 20.0. The quantitative estimate of drug-likeness (QED) is 0.770. The Morgan fingerprint density at radius 3 is 2.48 bits per heavy atom. The molecule has 1 amide bonds. The standard InChI is InChI=1S/C19H17N5O/c25-19(22-15-12-20-21-13-15)17-11-18(14-7-3-1-4-8-14)24(23-17)16-9-5-2-6-10-16/h1-10,12-13,18H,11H2,(H,20,21)(H,22,25)/t18-/m0/s1. The van der Waals surface area contributed by atoms with Crippen LogP contribution in [-0.2, 0) is 4.79 Å². The molecule has 1 aromatic heterocycles. The van der Waals surface area contributed by atoms with Crippen LogP contribution in [0.2, 0.25) is 0 Å². The van der Waals surface area contributed by atoms with Crippen LogP contribution in [0.3, 0.4) is 0 Å². The van der Waals surface area contributed by atoms with Crippen molar-refractivity contribution in [3.8, 4) is 0 Å². The lowest BCUT2D eigenvalue weighted by molar-refractivity contribution is -0.110. The van der Waals surface area contributed by atoms with Crippen LogP contribution < -0.4 is 10.3 Å². The van der Waals surface area contributed by atoms with Gasteiger partial charge in [0.05, 0.1) is 23.6 Å². The number of hydrogen-bond donors (Lipinski definition) is 2. The molecule has 2 heterocycles. The van der Waals surface area contributed by atoms with E-state index in [0.29, 0.717) is 17.8 Å². The summed E-state index contributed by atoms with van der Waals surface area (Å²) in [5, 5.41) is 15.9. The molecule has 0 bridgehead atoms. The zero-order chi connectivity index (χ0) is 17.1. The third-order valence-electron chi connectivity index (χ3n) is 4.13. The Morgan fingerprint density at radius 2 is 1.80 bits per heavy atom. The van der Waals surface area contributed by atoms with Gasteiger partial charge in [-0.2, -0.15) is 10.2 Å². The number of carbonyl (C=O) groups is 1. The van der Waals surface area contributed by atoms with Crippen LogP contribution in [0.4, 0.5) is 11.4 Å². The van der Waals surface area contributed by atoms with E-state index in [1.54, 1.807) is 12.4 Å². The predicted molar refractivity (Wildman–Crippen MR) is 97.4 cm³/mol. The van der Waals surface area contributed by atoms with Crippen molar-refractivity contribution < 1.29 is 4.79 Å². The number of hydrogen-bond acceptors (Lipinski definition) is 4. The van der Waals surface area contributed by atoms with Gasteiger partial charge in [-0.25, -0.2) is 0 Å². The first-order chi connectivity index (χ1) is 12.3. The number of hydrazone groups is 1. The van der Waals surface area contributed by atoms with Crippen molar-refractivity contribution in [1.29, 1.82) is 0 Å². The largest absolute Gasteiger partial charge is 0.318 e. The number of amides is 1. The van der Waals surface area contributed by atoms with Crippen molar-refractivity contribution in [1.82, 2.24) is 10.2 Å². The van der Waals surface area contributed by atoms with Crippen LogP contribution in [0.25, 0.3) is 0 Å². The Morgan fingerprint density at radius 1 is 1.08 bits per heavy atom. The number of para-hydroxylation sites is 1.